The molecule has 0 saturated heterocycles. The zero-order valence-electron chi connectivity index (χ0n) is 11.4. The summed E-state index contributed by atoms with van der Waals surface area (Å²) in [5.41, 5.74) is 0. The Morgan fingerprint density at radius 1 is 0.500 bits per heavy atom. The molecule has 0 spiro atoms. The van der Waals surface area contributed by atoms with Crippen LogP contribution in [0.25, 0.3) is 10.8 Å². The zero-order chi connectivity index (χ0) is 15.8. The van der Waals surface area contributed by atoms with Gasteiger partial charge in [0.2, 0.25) is 0 Å². The van der Waals surface area contributed by atoms with Crippen molar-refractivity contribution in [3.05, 3.63) is 72.8 Å². The Hall–Kier alpha value is -2.18. The van der Waals surface area contributed by atoms with E-state index in [9.17, 15) is 16.8 Å². The molecule has 0 N–H and O–H groups in total. The van der Waals surface area contributed by atoms with Gasteiger partial charge in [0.1, 0.15) is 0 Å². The first-order valence-corrected chi connectivity index (χ1v) is 9.95. The van der Waals surface area contributed by atoms with Crippen LogP contribution in [-0.2, 0) is 17.7 Å². The molecule has 0 fully saturated rings. The standard InChI is InChI=1S/C16H12O4S2/c17-21(18,15-8-2-1-3-9-15)22(19,20)16-11-10-13-6-4-5-7-14(13)12-16/h1-12H. The maximum absolute atomic E-state index is 12.5. The Morgan fingerprint density at radius 3 is 1.73 bits per heavy atom. The summed E-state index contributed by atoms with van der Waals surface area (Å²) >= 11 is 0. The molecule has 0 aliphatic carbocycles. The first-order chi connectivity index (χ1) is 10.4. The van der Waals surface area contributed by atoms with E-state index in [-0.39, 0.29) is 9.79 Å². The quantitative estimate of drug-likeness (QED) is 0.692. The Labute approximate surface area is 128 Å². The molecule has 4 nitrogen and oxygen atoms in total. The number of hydrogen-bond acceptors (Lipinski definition) is 4. The largest absolute Gasteiger partial charge is 0.286 e. The molecular formula is C16H12O4S2. The third kappa shape index (κ3) is 2.30. The molecule has 0 saturated carbocycles. The third-order valence-electron chi connectivity index (χ3n) is 3.33. The van der Waals surface area contributed by atoms with Crippen LogP contribution < -0.4 is 0 Å². The van der Waals surface area contributed by atoms with E-state index in [2.05, 4.69) is 0 Å². The summed E-state index contributed by atoms with van der Waals surface area (Å²) in [7, 11) is -9.00. The van der Waals surface area contributed by atoms with Gasteiger partial charge < -0.3 is 0 Å². The van der Waals surface area contributed by atoms with Crippen LogP contribution in [0.1, 0.15) is 0 Å². The minimum atomic E-state index is -4.51. The van der Waals surface area contributed by atoms with Crippen LogP contribution in [0.15, 0.2) is 82.6 Å². The van der Waals surface area contributed by atoms with Gasteiger partial charge in [-0.2, -0.15) is 0 Å². The van der Waals surface area contributed by atoms with Gasteiger partial charge in [-0.25, -0.2) is 16.8 Å². The molecule has 112 valence electrons. The lowest BCUT2D eigenvalue weighted by molar-refractivity contribution is 0.582. The van der Waals surface area contributed by atoms with E-state index in [1.807, 2.05) is 12.1 Å². The number of fused-ring (bicyclic) bond motifs is 1. The van der Waals surface area contributed by atoms with Crippen LogP contribution in [0.5, 0.6) is 0 Å². The molecule has 0 aliphatic rings. The first kappa shape index (κ1) is 14.7. The monoisotopic (exact) mass is 332 g/mol. The second kappa shape index (κ2) is 5.23. The van der Waals surface area contributed by atoms with Gasteiger partial charge in [-0.3, -0.25) is 0 Å². The summed E-state index contributed by atoms with van der Waals surface area (Å²) in [5.74, 6) is 0. The van der Waals surface area contributed by atoms with E-state index in [0.717, 1.165) is 5.39 Å². The SMILES string of the molecule is O=S(=O)(c1ccccc1)S(=O)(=O)c1ccc2ccccc2c1. The fraction of sp³-hybridized carbons (Fsp3) is 0. The summed E-state index contributed by atoms with van der Waals surface area (Å²) < 4.78 is 49.8. The van der Waals surface area contributed by atoms with Crippen molar-refractivity contribution in [3.63, 3.8) is 0 Å². The van der Waals surface area contributed by atoms with E-state index in [0.29, 0.717) is 5.39 Å². The number of hydrogen-bond donors (Lipinski definition) is 0. The molecule has 3 aromatic rings. The molecule has 0 radical (unpaired) electrons. The Balaban J connectivity index is 2.20. The van der Waals surface area contributed by atoms with Gasteiger partial charge in [-0.15, -0.1) is 0 Å². The van der Waals surface area contributed by atoms with Crippen LogP contribution in [0.2, 0.25) is 0 Å². The van der Waals surface area contributed by atoms with Crippen molar-refractivity contribution >= 4 is 28.5 Å². The number of benzene rings is 3. The lowest BCUT2D eigenvalue weighted by Gasteiger charge is -2.07. The fourth-order valence-electron chi connectivity index (χ4n) is 2.16. The van der Waals surface area contributed by atoms with Gasteiger partial charge in [0.25, 0.3) is 17.7 Å². The molecular weight excluding hydrogens is 320 g/mol. The molecule has 22 heavy (non-hydrogen) atoms. The van der Waals surface area contributed by atoms with E-state index >= 15 is 0 Å². The van der Waals surface area contributed by atoms with Crippen molar-refractivity contribution in [3.8, 4) is 0 Å². The molecule has 3 rings (SSSR count). The molecule has 0 aromatic heterocycles. The second-order valence-electron chi connectivity index (χ2n) is 4.73. The van der Waals surface area contributed by atoms with Crippen LogP contribution in [-0.4, -0.2) is 16.8 Å². The van der Waals surface area contributed by atoms with Crippen molar-refractivity contribution in [2.75, 3.05) is 0 Å². The predicted molar refractivity (Wildman–Crippen MR) is 84.8 cm³/mol. The van der Waals surface area contributed by atoms with Gasteiger partial charge in [0.15, 0.2) is 0 Å². The summed E-state index contributed by atoms with van der Waals surface area (Å²) in [6.07, 6.45) is 0. The third-order valence-corrected chi connectivity index (χ3v) is 8.48. The van der Waals surface area contributed by atoms with Crippen LogP contribution in [0.4, 0.5) is 0 Å². The van der Waals surface area contributed by atoms with Crippen molar-refractivity contribution in [1.29, 1.82) is 0 Å². The average molecular weight is 332 g/mol. The minimum absolute atomic E-state index is 0.227. The minimum Gasteiger partial charge on any atom is -0.207 e. The van der Waals surface area contributed by atoms with Crippen molar-refractivity contribution < 1.29 is 16.8 Å². The normalized spacial score (nSPS) is 12.4. The smallest absolute Gasteiger partial charge is 0.207 e. The molecule has 0 bridgehead atoms. The molecule has 0 unspecified atom stereocenters. The molecule has 0 heterocycles. The summed E-state index contributed by atoms with van der Waals surface area (Å²) in [4.78, 5) is -0.460. The zero-order valence-corrected chi connectivity index (χ0v) is 13.0. The molecule has 3 aromatic carbocycles. The van der Waals surface area contributed by atoms with E-state index in [4.69, 9.17) is 0 Å². The van der Waals surface area contributed by atoms with Gasteiger partial charge in [0, 0.05) is 0 Å². The van der Waals surface area contributed by atoms with Gasteiger partial charge >= 0.3 is 0 Å². The lowest BCUT2D eigenvalue weighted by Crippen LogP contribution is -2.16. The van der Waals surface area contributed by atoms with E-state index in [1.54, 1.807) is 24.3 Å². The predicted octanol–water partition coefficient (Wildman–Crippen LogP) is 3.00. The van der Waals surface area contributed by atoms with Crippen molar-refractivity contribution in [2.24, 2.45) is 0 Å². The van der Waals surface area contributed by atoms with Gasteiger partial charge in [-0.05, 0) is 35.0 Å². The Morgan fingerprint density at radius 2 is 1.05 bits per heavy atom. The van der Waals surface area contributed by atoms with Gasteiger partial charge in [0.05, 0.1) is 9.79 Å². The average Bonchev–Trinajstić information content (AvgIpc) is 2.55. The van der Waals surface area contributed by atoms with E-state index < -0.39 is 17.7 Å². The lowest BCUT2D eigenvalue weighted by atomic mass is 10.1. The van der Waals surface area contributed by atoms with Crippen molar-refractivity contribution in [1.82, 2.24) is 0 Å². The maximum Gasteiger partial charge on any atom is 0.286 e. The summed E-state index contributed by atoms with van der Waals surface area (Å²) in [6.45, 7) is 0. The van der Waals surface area contributed by atoms with Crippen LogP contribution in [0.3, 0.4) is 0 Å². The topological polar surface area (TPSA) is 68.3 Å². The maximum atomic E-state index is 12.5. The van der Waals surface area contributed by atoms with Crippen LogP contribution >= 0.6 is 0 Å². The number of rotatable bonds is 3. The summed E-state index contributed by atoms with van der Waals surface area (Å²) in [6, 6.07) is 18.6. The second-order valence-corrected chi connectivity index (χ2v) is 10.1. The van der Waals surface area contributed by atoms with Crippen molar-refractivity contribution in [2.45, 2.75) is 9.79 Å². The van der Waals surface area contributed by atoms with Crippen LogP contribution in [0, 0.1) is 0 Å². The molecule has 0 aliphatic heterocycles. The highest BCUT2D eigenvalue weighted by Crippen LogP contribution is 2.27. The highest BCUT2D eigenvalue weighted by molar-refractivity contribution is 8.67. The molecule has 0 amide bonds. The first-order valence-electron chi connectivity index (χ1n) is 6.47. The molecule has 6 heteroatoms. The fourth-order valence-corrected chi connectivity index (χ4v) is 5.83. The van der Waals surface area contributed by atoms with Gasteiger partial charge in [-0.1, -0.05) is 48.5 Å². The highest BCUT2D eigenvalue weighted by atomic mass is 33.2. The Kier molecular flexibility index (Phi) is 3.50. The summed E-state index contributed by atoms with van der Waals surface area (Å²) in [5, 5.41) is 1.52. The Bertz CT molecular complexity index is 1040. The molecule has 0 atom stereocenters. The highest BCUT2D eigenvalue weighted by Gasteiger charge is 2.33. The van der Waals surface area contributed by atoms with E-state index in [1.165, 1.54) is 36.4 Å².